The Hall–Kier alpha value is -1.49. The molecule has 1 aliphatic heterocycles. The molecule has 0 bridgehead atoms. The van der Waals surface area contributed by atoms with Crippen LogP contribution in [-0.4, -0.2) is 25.0 Å². The van der Waals surface area contributed by atoms with Crippen molar-refractivity contribution in [1.29, 1.82) is 0 Å². The number of benzene rings is 1. The highest BCUT2D eigenvalue weighted by molar-refractivity contribution is 5.94. The van der Waals surface area contributed by atoms with Crippen LogP contribution in [0.4, 0.5) is 8.78 Å². The predicted molar refractivity (Wildman–Crippen MR) is 68.9 cm³/mol. The highest BCUT2D eigenvalue weighted by Crippen LogP contribution is 2.16. The van der Waals surface area contributed by atoms with Crippen LogP contribution in [0.5, 0.6) is 0 Å². The van der Waals surface area contributed by atoms with Gasteiger partial charge in [0, 0.05) is 6.04 Å². The molecule has 0 aliphatic carbocycles. The minimum Gasteiger partial charge on any atom is -0.349 e. The molecule has 104 valence electrons. The molecule has 1 aliphatic rings. The standard InChI is InChI=1S/C14H18F2N2O/c1-9(10-4-3-7-17-8-10)18-14(19)11-5-2-6-12(15)13(11)16/h2,5-6,9-10,17H,3-4,7-8H2,1H3,(H,18,19). The Morgan fingerprint density at radius 1 is 1.47 bits per heavy atom. The SMILES string of the molecule is CC(NC(=O)c1cccc(F)c1F)C1CCCNC1. The van der Waals surface area contributed by atoms with E-state index in [0.717, 1.165) is 32.0 Å². The fourth-order valence-corrected chi connectivity index (χ4v) is 2.39. The Morgan fingerprint density at radius 2 is 2.26 bits per heavy atom. The third kappa shape index (κ3) is 3.29. The van der Waals surface area contributed by atoms with Gasteiger partial charge < -0.3 is 10.6 Å². The van der Waals surface area contributed by atoms with E-state index in [9.17, 15) is 13.6 Å². The summed E-state index contributed by atoms with van der Waals surface area (Å²) in [6.45, 7) is 3.73. The van der Waals surface area contributed by atoms with Gasteiger partial charge in [0.2, 0.25) is 0 Å². The summed E-state index contributed by atoms with van der Waals surface area (Å²) in [5, 5.41) is 6.01. The molecule has 1 fully saturated rings. The monoisotopic (exact) mass is 268 g/mol. The summed E-state index contributed by atoms with van der Waals surface area (Å²) in [6.07, 6.45) is 2.10. The molecule has 1 amide bonds. The second kappa shape index (κ2) is 6.10. The molecule has 1 saturated heterocycles. The third-order valence-corrected chi connectivity index (χ3v) is 3.60. The van der Waals surface area contributed by atoms with Crippen molar-refractivity contribution in [3.8, 4) is 0 Å². The molecular weight excluding hydrogens is 250 g/mol. The molecule has 0 saturated carbocycles. The van der Waals surface area contributed by atoms with Crippen molar-refractivity contribution in [3.05, 3.63) is 35.4 Å². The van der Waals surface area contributed by atoms with Crippen LogP contribution in [0.25, 0.3) is 0 Å². The number of piperidine rings is 1. The van der Waals surface area contributed by atoms with Crippen molar-refractivity contribution >= 4 is 5.91 Å². The fourth-order valence-electron chi connectivity index (χ4n) is 2.39. The second-order valence-electron chi connectivity index (χ2n) is 4.97. The van der Waals surface area contributed by atoms with Crippen molar-refractivity contribution in [3.63, 3.8) is 0 Å². The molecule has 19 heavy (non-hydrogen) atoms. The molecule has 0 aromatic heterocycles. The van der Waals surface area contributed by atoms with Crippen LogP contribution in [0.1, 0.15) is 30.1 Å². The first-order valence-corrected chi connectivity index (χ1v) is 6.55. The minimum absolute atomic E-state index is 0.0667. The Labute approximate surface area is 111 Å². The van der Waals surface area contributed by atoms with Crippen LogP contribution >= 0.6 is 0 Å². The number of rotatable bonds is 3. The van der Waals surface area contributed by atoms with Gasteiger partial charge in [0.05, 0.1) is 5.56 Å². The van der Waals surface area contributed by atoms with Crippen molar-refractivity contribution in [1.82, 2.24) is 10.6 Å². The van der Waals surface area contributed by atoms with Crippen LogP contribution in [0, 0.1) is 17.6 Å². The summed E-state index contributed by atoms with van der Waals surface area (Å²) < 4.78 is 26.6. The number of halogens is 2. The summed E-state index contributed by atoms with van der Waals surface area (Å²) in [7, 11) is 0. The maximum atomic E-state index is 13.5. The smallest absolute Gasteiger partial charge is 0.254 e. The molecule has 0 radical (unpaired) electrons. The maximum Gasteiger partial charge on any atom is 0.254 e. The van der Waals surface area contributed by atoms with E-state index >= 15 is 0 Å². The summed E-state index contributed by atoms with van der Waals surface area (Å²) >= 11 is 0. The van der Waals surface area contributed by atoms with E-state index in [0.29, 0.717) is 5.92 Å². The van der Waals surface area contributed by atoms with Gasteiger partial charge in [-0.25, -0.2) is 8.78 Å². The average molecular weight is 268 g/mol. The van der Waals surface area contributed by atoms with E-state index in [1.807, 2.05) is 6.92 Å². The Morgan fingerprint density at radius 3 is 2.95 bits per heavy atom. The van der Waals surface area contributed by atoms with Gasteiger partial charge in [-0.2, -0.15) is 0 Å². The molecule has 1 heterocycles. The van der Waals surface area contributed by atoms with Crippen LogP contribution in [0.15, 0.2) is 18.2 Å². The highest BCUT2D eigenvalue weighted by atomic mass is 19.2. The van der Waals surface area contributed by atoms with Crippen molar-refractivity contribution in [2.75, 3.05) is 13.1 Å². The molecule has 1 aromatic carbocycles. The molecular formula is C14H18F2N2O. The van der Waals surface area contributed by atoms with Gasteiger partial charge in [0.15, 0.2) is 11.6 Å². The molecule has 0 spiro atoms. The Bertz CT molecular complexity index is 459. The van der Waals surface area contributed by atoms with E-state index in [1.54, 1.807) is 0 Å². The first-order chi connectivity index (χ1) is 9.09. The van der Waals surface area contributed by atoms with Gasteiger partial charge in [-0.05, 0) is 50.9 Å². The van der Waals surface area contributed by atoms with E-state index in [2.05, 4.69) is 10.6 Å². The number of amides is 1. The first kappa shape index (κ1) is 13.9. The molecule has 5 heteroatoms. The van der Waals surface area contributed by atoms with Crippen LogP contribution in [0.2, 0.25) is 0 Å². The maximum absolute atomic E-state index is 13.5. The predicted octanol–water partition coefficient (Wildman–Crippen LogP) is 2.08. The number of carbonyl (C=O) groups is 1. The summed E-state index contributed by atoms with van der Waals surface area (Å²) in [4.78, 5) is 11.9. The van der Waals surface area contributed by atoms with Crippen LogP contribution in [0.3, 0.4) is 0 Å². The summed E-state index contributed by atoms with van der Waals surface area (Å²) in [5.41, 5.74) is -0.240. The molecule has 1 aromatic rings. The van der Waals surface area contributed by atoms with Crippen molar-refractivity contribution in [2.24, 2.45) is 5.92 Å². The van der Waals surface area contributed by atoms with Gasteiger partial charge in [-0.15, -0.1) is 0 Å². The van der Waals surface area contributed by atoms with Gasteiger partial charge in [0.25, 0.3) is 5.91 Å². The van der Waals surface area contributed by atoms with Gasteiger partial charge >= 0.3 is 0 Å². The van der Waals surface area contributed by atoms with Gasteiger partial charge in [-0.3, -0.25) is 4.79 Å². The lowest BCUT2D eigenvalue weighted by Gasteiger charge is -2.29. The van der Waals surface area contributed by atoms with Crippen molar-refractivity contribution < 1.29 is 13.6 Å². The topological polar surface area (TPSA) is 41.1 Å². The molecule has 3 nitrogen and oxygen atoms in total. The number of hydrogen-bond donors (Lipinski definition) is 2. The zero-order valence-corrected chi connectivity index (χ0v) is 10.9. The van der Waals surface area contributed by atoms with Gasteiger partial charge in [-0.1, -0.05) is 6.07 Å². The number of carbonyl (C=O) groups excluding carboxylic acids is 1. The second-order valence-corrected chi connectivity index (χ2v) is 4.97. The highest BCUT2D eigenvalue weighted by Gasteiger charge is 2.23. The third-order valence-electron chi connectivity index (χ3n) is 3.60. The first-order valence-electron chi connectivity index (χ1n) is 6.55. The number of nitrogens with one attached hydrogen (secondary N) is 2. The lowest BCUT2D eigenvalue weighted by molar-refractivity contribution is 0.0917. The fraction of sp³-hybridized carbons (Fsp3) is 0.500. The number of hydrogen-bond acceptors (Lipinski definition) is 2. The zero-order chi connectivity index (χ0) is 13.8. The van der Waals surface area contributed by atoms with E-state index in [-0.39, 0.29) is 11.6 Å². The minimum atomic E-state index is -1.09. The Balaban J connectivity index is 2.02. The molecule has 2 rings (SSSR count). The van der Waals surface area contributed by atoms with E-state index in [4.69, 9.17) is 0 Å². The normalized spacial score (nSPS) is 20.9. The summed E-state index contributed by atoms with van der Waals surface area (Å²) in [5.74, 6) is -2.32. The van der Waals surface area contributed by atoms with E-state index < -0.39 is 17.5 Å². The lowest BCUT2D eigenvalue weighted by atomic mass is 9.92. The van der Waals surface area contributed by atoms with E-state index in [1.165, 1.54) is 12.1 Å². The van der Waals surface area contributed by atoms with Gasteiger partial charge in [0.1, 0.15) is 0 Å². The molecule has 2 unspecified atom stereocenters. The Kier molecular flexibility index (Phi) is 4.47. The summed E-state index contributed by atoms with van der Waals surface area (Å²) in [6, 6.07) is 3.56. The average Bonchev–Trinajstić information content (AvgIpc) is 2.42. The van der Waals surface area contributed by atoms with Crippen LogP contribution in [-0.2, 0) is 0 Å². The molecule has 2 atom stereocenters. The largest absolute Gasteiger partial charge is 0.349 e. The lowest BCUT2D eigenvalue weighted by Crippen LogP contribution is -2.44. The quantitative estimate of drug-likeness (QED) is 0.881. The zero-order valence-electron chi connectivity index (χ0n) is 10.9. The molecule has 2 N–H and O–H groups in total. The van der Waals surface area contributed by atoms with Crippen molar-refractivity contribution in [2.45, 2.75) is 25.8 Å². The van der Waals surface area contributed by atoms with Crippen LogP contribution < -0.4 is 10.6 Å².